The zero-order valence-electron chi connectivity index (χ0n) is 5.92. The van der Waals surface area contributed by atoms with Gasteiger partial charge in [0.1, 0.15) is 6.17 Å². The molecule has 3 N–H and O–H groups in total. The summed E-state index contributed by atoms with van der Waals surface area (Å²) in [6, 6.07) is -0.156. The number of carbonyl (C=O) groups excluding carboxylic acids is 1. The molecule has 2 atom stereocenters. The van der Waals surface area contributed by atoms with Crippen LogP contribution in [0.25, 0.3) is 0 Å². The Bertz CT molecular complexity index is 229. The second-order valence-corrected chi connectivity index (χ2v) is 3.12. The van der Waals surface area contributed by atoms with Crippen molar-refractivity contribution in [3.05, 3.63) is 0 Å². The number of nitrogens with zero attached hydrogens (tertiary/aromatic N) is 1. The lowest BCUT2D eigenvalue weighted by atomic mass is 10.4. The number of nitrogens with one attached hydrogen (secondary N) is 3. The number of rotatable bonds is 0. The lowest BCUT2D eigenvalue weighted by Gasteiger charge is -2.05. The van der Waals surface area contributed by atoms with Gasteiger partial charge in [-0.05, 0) is 6.26 Å². The quantitative estimate of drug-likeness (QED) is 0.451. The molecule has 1 fully saturated rings. The molecule has 2 unspecified atom stereocenters. The van der Waals surface area contributed by atoms with Gasteiger partial charge in [-0.15, -0.1) is 0 Å². The van der Waals surface area contributed by atoms with E-state index in [1.165, 1.54) is 11.8 Å². The van der Waals surface area contributed by atoms with Gasteiger partial charge in [0.15, 0.2) is 11.3 Å². The summed E-state index contributed by atoms with van der Waals surface area (Å²) in [6.07, 6.45) is 1.77. The van der Waals surface area contributed by atoms with Gasteiger partial charge in [0, 0.05) is 0 Å². The number of thioether (sulfide) groups is 1. The van der Waals surface area contributed by atoms with E-state index < -0.39 is 0 Å². The molecule has 0 bridgehead atoms. The molecule has 2 aliphatic rings. The Kier molecular flexibility index (Phi) is 1.42. The Hall–Kier alpha value is -0.910. The zero-order chi connectivity index (χ0) is 7.84. The Morgan fingerprint density at radius 3 is 2.91 bits per heavy atom. The fourth-order valence-electron chi connectivity index (χ4n) is 1.11. The Morgan fingerprint density at radius 1 is 1.45 bits per heavy atom. The highest BCUT2D eigenvalue weighted by molar-refractivity contribution is 8.13. The van der Waals surface area contributed by atoms with Gasteiger partial charge in [0.05, 0.1) is 0 Å². The largest absolute Gasteiger partial charge is 0.341 e. The van der Waals surface area contributed by atoms with Crippen molar-refractivity contribution in [1.29, 1.82) is 0 Å². The number of aliphatic imine (C=N–C) groups is 1. The zero-order valence-corrected chi connectivity index (χ0v) is 6.73. The SMILES string of the molecule is CSC1=NC2NC(=O)NC2N1. The van der Waals surface area contributed by atoms with Gasteiger partial charge in [0.2, 0.25) is 0 Å². The number of amidine groups is 1. The topological polar surface area (TPSA) is 65.5 Å². The molecule has 2 heterocycles. The molecule has 60 valence electrons. The summed E-state index contributed by atoms with van der Waals surface area (Å²) in [4.78, 5) is 14.9. The van der Waals surface area contributed by atoms with Crippen LogP contribution < -0.4 is 16.0 Å². The van der Waals surface area contributed by atoms with Gasteiger partial charge in [-0.2, -0.15) is 0 Å². The second kappa shape index (κ2) is 2.30. The first-order valence-electron chi connectivity index (χ1n) is 3.25. The molecular formula is C5H8N4OS. The number of urea groups is 1. The molecule has 2 rings (SSSR count). The summed E-state index contributed by atoms with van der Waals surface area (Å²) in [5.41, 5.74) is 0. The second-order valence-electron chi connectivity index (χ2n) is 2.32. The van der Waals surface area contributed by atoms with Crippen molar-refractivity contribution in [3.8, 4) is 0 Å². The molecule has 0 aromatic rings. The van der Waals surface area contributed by atoms with Crippen molar-refractivity contribution in [2.75, 3.05) is 6.26 Å². The molecular weight excluding hydrogens is 164 g/mol. The molecule has 2 aliphatic heterocycles. The number of carbonyl (C=O) groups is 1. The molecule has 11 heavy (non-hydrogen) atoms. The predicted octanol–water partition coefficient (Wildman–Crippen LogP) is -0.726. The monoisotopic (exact) mass is 172 g/mol. The van der Waals surface area contributed by atoms with Gasteiger partial charge in [-0.25, -0.2) is 9.79 Å². The van der Waals surface area contributed by atoms with Crippen LogP contribution >= 0.6 is 11.8 Å². The highest BCUT2D eigenvalue weighted by Crippen LogP contribution is 2.11. The minimum absolute atomic E-state index is 0.0510. The summed E-state index contributed by atoms with van der Waals surface area (Å²) in [6.45, 7) is 0. The smallest absolute Gasteiger partial charge is 0.318 e. The molecule has 0 aromatic carbocycles. The van der Waals surface area contributed by atoms with E-state index in [9.17, 15) is 4.79 Å². The third kappa shape index (κ3) is 1.03. The van der Waals surface area contributed by atoms with Crippen LogP contribution in [0, 0.1) is 0 Å². The van der Waals surface area contributed by atoms with E-state index in [1.54, 1.807) is 0 Å². The maximum absolute atomic E-state index is 10.7. The average molecular weight is 172 g/mol. The molecule has 0 spiro atoms. The van der Waals surface area contributed by atoms with Crippen LogP contribution in [0.1, 0.15) is 0 Å². The predicted molar refractivity (Wildman–Crippen MR) is 43.3 cm³/mol. The molecule has 6 heteroatoms. The highest BCUT2D eigenvalue weighted by atomic mass is 32.2. The van der Waals surface area contributed by atoms with Gasteiger partial charge in [-0.1, -0.05) is 11.8 Å². The van der Waals surface area contributed by atoms with Gasteiger partial charge in [0.25, 0.3) is 0 Å². The first kappa shape index (κ1) is 6.78. The number of hydrogen-bond donors (Lipinski definition) is 3. The summed E-state index contributed by atoms with van der Waals surface area (Å²) in [7, 11) is 0. The molecule has 0 aromatic heterocycles. The van der Waals surface area contributed by atoms with Crippen molar-refractivity contribution < 1.29 is 4.79 Å². The lowest BCUT2D eigenvalue weighted by molar-refractivity contribution is 0.246. The van der Waals surface area contributed by atoms with Crippen molar-refractivity contribution in [3.63, 3.8) is 0 Å². The van der Waals surface area contributed by atoms with E-state index >= 15 is 0 Å². The summed E-state index contributed by atoms with van der Waals surface area (Å²) < 4.78 is 0. The van der Waals surface area contributed by atoms with E-state index in [4.69, 9.17) is 0 Å². The number of fused-ring (bicyclic) bond motifs is 1. The van der Waals surface area contributed by atoms with Gasteiger partial charge >= 0.3 is 6.03 Å². The van der Waals surface area contributed by atoms with E-state index in [-0.39, 0.29) is 18.4 Å². The first-order valence-corrected chi connectivity index (χ1v) is 4.47. The summed E-state index contributed by atoms with van der Waals surface area (Å²) >= 11 is 1.54. The molecule has 0 aliphatic carbocycles. The maximum Gasteiger partial charge on any atom is 0.318 e. The minimum atomic E-state index is -0.156. The molecule has 0 saturated carbocycles. The Morgan fingerprint density at radius 2 is 2.27 bits per heavy atom. The van der Waals surface area contributed by atoms with E-state index in [0.29, 0.717) is 0 Å². The van der Waals surface area contributed by atoms with Crippen molar-refractivity contribution in [1.82, 2.24) is 16.0 Å². The average Bonchev–Trinajstić information content (AvgIpc) is 2.43. The minimum Gasteiger partial charge on any atom is -0.341 e. The van der Waals surface area contributed by atoms with Crippen molar-refractivity contribution in [2.24, 2.45) is 4.99 Å². The number of hydrogen-bond acceptors (Lipinski definition) is 4. The van der Waals surface area contributed by atoms with E-state index in [1.807, 2.05) is 6.26 Å². The third-order valence-corrected chi connectivity index (χ3v) is 2.22. The van der Waals surface area contributed by atoms with Crippen LogP contribution in [0.4, 0.5) is 4.79 Å². The van der Waals surface area contributed by atoms with Crippen molar-refractivity contribution in [2.45, 2.75) is 12.3 Å². The molecule has 0 radical (unpaired) electrons. The van der Waals surface area contributed by atoms with Gasteiger partial charge in [-0.3, -0.25) is 0 Å². The van der Waals surface area contributed by atoms with E-state index in [0.717, 1.165) is 5.17 Å². The van der Waals surface area contributed by atoms with Crippen LogP contribution in [0.5, 0.6) is 0 Å². The standard InChI is InChI=1S/C5H8N4OS/c1-11-5-8-2-3(9-5)7-4(10)6-2/h2-3H,1H3,(H,8,9)(H2,6,7,10). The fraction of sp³-hybridized carbons (Fsp3) is 0.600. The Balaban J connectivity index is 2.10. The maximum atomic E-state index is 10.7. The lowest BCUT2D eigenvalue weighted by Crippen LogP contribution is -2.40. The summed E-state index contributed by atoms with van der Waals surface area (Å²) in [5, 5.41) is 9.28. The molecule has 2 amide bonds. The Labute approximate surface area is 68.0 Å². The normalized spacial score (nSPS) is 33.5. The van der Waals surface area contributed by atoms with Crippen LogP contribution in [0.3, 0.4) is 0 Å². The first-order chi connectivity index (χ1) is 5.29. The van der Waals surface area contributed by atoms with Crippen LogP contribution in [-0.2, 0) is 0 Å². The fourth-order valence-corrected chi connectivity index (χ4v) is 1.57. The highest BCUT2D eigenvalue weighted by Gasteiger charge is 2.36. The third-order valence-electron chi connectivity index (χ3n) is 1.61. The summed E-state index contributed by atoms with van der Waals surface area (Å²) in [5.74, 6) is 0. The van der Waals surface area contributed by atoms with Gasteiger partial charge < -0.3 is 16.0 Å². The molecule has 5 nitrogen and oxygen atoms in total. The molecule has 1 saturated heterocycles. The van der Waals surface area contributed by atoms with Crippen LogP contribution in [0.2, 0.25) is 0 Å². The van der Waals surface area contributed by atoms with Crippen LogP contribution in [-0.4, -0.2) is 29.8 Å². The van der Waals surface area contributed by atoms with Crippen molar-refractivity contribution >= 4 is 23.0 Å². The number of amides is 2. The van der Waals surface area contributed by atoms with Crippen LogP contribution in [0.15, 0.2) is 4.99 Å². The van der Waals surface area contributed by atoms with E-state index in [2.05, 4.69) is 20.9 Å².